The Balaban J connectivity index is 1.58. The fourth-order valence-electron chi connectivity index (χ4n) is 3.48. The second-order valence-corrected chi connectivity index (χ2v) is 6.72. The summed E-state index contributed by atoms with van der Waals surface area (Å²) in [5.41, 5.74) is 2.68. The highest BCUT2D eigenvalue weighted by atomic mass is 19.1. The summed E-state index contributed by atoms with van der Waals surface area (Å²) in [7, 11) is 1.82. The quantitative estimate of drug-likeness (QED) is 0.863. The molecule has 1 fully saturated rings. The monoisotopic (exact) mass is 329 g/mol. The molecule has 1 aliphatic heterocycles. The summed E-state index contributed by atoms with van der Waals surface area (Å²) in [6.45, 7) is 3.51. The van der Waals surface area contributed by atoms with Crippen LogP contribution in [0.3, 0.4) is 0 Å². The maximum absolute atomic E-state index is 13.0. The lowest BCUT2D eigenvalue weighted by molar-refractivity contribution is 0.0657. The van der Waals surface area contributed by atoms with Crippen LogP contribution in [0.4, 0.5) is 4.39 Å². The Hall–Kier alpha value is -2.17. The summed E-state index contributed by atoms with van der Waals surface area (Å²) in [6, 6.07) is 8.57. The van der Waals surface area contributed by atoms with E-state index in [0.29, 0.717) is 11.6 Å². The topological polar surface area (TPSA) is 38.1 Å². The lowest BCUT2D eigenvalue weighted by Crippen LogP contribution is -2.40. The molecule has 5 heteroatoms. The fraction of sp³-hybridized carbons (Fsp3) is 0.474. The summed E-state index contributed by atoms with van der Waals surface area (Å²) in [5.74, 6) is 0.381. The molecule has 0 radical (unpaired) electrons. The van der Waals surface area contributed by atoms with Crippen LogP contribution in [0.5, 0.6) is 0 Å². The van der Waals surface area contributed by atoms with Crippen molar-refractivity contribution >= 4 is 5.91 Å². The minimum Gasteiger partial charge on any atom is -0.337 e. The summed E-state index contributed by atoms with van der Waals surface area (Å²) >= 11 is 0. The molecule has 0 saturated carbocycles. The second-order valence-electron chi connectivity index (χ2n) is 6.72. The van der Waals surface area contributed by atoms with E-state index in [0.717, 1.165) is 50.0 Å². The van der Waals surface area contributed by atoms with Gasteiger partial charge < -0.3 is 4.90 Å². The first-order valence-electron chi connectivity index (χ1n) is 8.57. The van der Waals surface area contributed by atoms with Gasteiger partial charge in [0, 0.05) is 20.1 Å². The molecular weight excluding hydrogens is 305 g/mol. The van der Waals surface area contributed by atoms with Gasteiger partial charge in [0.2, 0.25) is 0 Å². The zero-order valence-corrected chi connectivity index (χ0v) is 14.3. The average molecular weight is 329 g/mol. The molecule has 0 bridgehead atoms. The van der Waals surface area contributed by atoms with Gasteiger partial charge in [0.15, 0.2) is 0 Å². The molecule has 1 aromatic heterocycles. The molecule has 3 rings (SSSR count). The van der Waals surface area contributed by atoms with E-state index in [4.69, 9.17) is 0 Å². The Morgan fingerprint density at radius 1 is 1.33 bits per heavy atom. The third kappa shape index (κ3) is 3.83. The molecule has 1 amide bonds. The molecule has 0 aliphatic carbocycles. The van der Waals surface area contributed by atoms with Gasteiger partial charge in [-0.05, 0) is 62.3 Å². The van der Waals surface area contributed by atoms with Gasteiger partial charge in [0.25, 0.3) is 5.91 Å². The van der Waals surface area contributed by atoms with E-state index in [2.05, 4.69) is 5.10 Å². The Kier molecular flexibility index (Phi) is 4.97. The van der Waals surface area contributed by atoms with Crippen molar-refractivity contribution in [1.29, 1.82) is 0 Å². The van der Waals surface area contributed by atoms with Gasteiger partial charge in [0.1, 0.15) is 11.5 Å². The maximum Gasteiger partial charge on any atom is 0.272 e. The van der Waals surface area contributed by atoms with Crippen LogP contribution in [-0.2, 0) is 13.5 Å². The zero-order chi connectivity index (χ0) is 17.1. The number of halogens is 1. The summed E-state index contributed by atoms with van der Waals surface area (Å²) in [5, 5.41) is 4.27. The Morgan fingerprint density at radius 2 is 2.08 bits per heavy atom. The summed E-state index contributed by atoms with van der Waals surface area (Å²) in [4.78, 5) is 14.7. The number of aromatic nitrogens is 2. The molecular formula is C19H24FN3O. The van der Waals surface area contributed by atoms with E-state index in [-0.39, 0.29) is 11.7 Å². The van der Waals surface area contributed by atoms with E-state index in [9.17, 15) is 9.18 Å². The molecule has 1 aliphatic rings. The number of amides is 1. The van der Waals surface area contributed by atoms with E-state index >= 15 is 0 Å². The molecule has 0 spiro atoms. The number of hydrogen-bond donors (Lipinski definition) is 0. The minimum atomic E-state index is -0.195. The summed E-state index contributed by atoms with van der Waals surface area (Å²) in [6.07, 6.45) is 4.14. The molecule has 128 valence electrons. The first-order valence-corrected chi connectivity index (χ1v) is 8.57. The van der Waals surface area contributed by atoms with E-state index in [1.807, 2.05) is 37.1 Å². The lowest BCUT2D eigenvalue weighted by Gasteiger charge is -2.32. The number of rotatable bonds is 4. The van der Waals surface area contributed by atoms with Crippen molar-refractivity contribution in [1.82, 2.24) is 14.7 Å². The van der Waals surface area contributed by atoms with Crippen molar-refractivity contribution < 1.29 is 9.18 Å². The molecule has 0 N–H and O–H groups in total. The summed E-state index contributed by atoms with van der Waals surface area (Å²) < 4.78 is 14.6. The molecule has 2 heterocycles. The highest BCUT2D eigenvalue weighted by Gasteiger charge is 2.26. The van der Waals surface area contributed by atoms with Crippen LogP contribution in [-0.4, -0.2) is 33.7 Å². The van der Waals surface area contributed by atoms with Crippen LogP contribution in [0.25, 0.3) is 0 Å². The fourth-order valence-corrected chi connectivity index (χ4v) is 3.48. The van der Waals surface area contributed by atoms with Gasteiger partial charge in [-0.1, -0.05) is 12.1 Å². The Labute approximate surface area is 142 Å². The van der Waals surface area contributed by atoms with E-state index in [1.165, 1.54) is 12.1 Å². The number of nitrogens with zero attached hydrogens (tertiary/aromatic N) is 3. The molecule has 1 saturated heterocycles. The smallest absolute Gasteiger partial charge is 0.272 e. The van der Waals surface area contributed by atoms with Crippen LogP contribution in [0.1, 0.15) is 41.0 Å². The van der Waals surface area contributed by atoms with Gasteiger partial charge in [-0.25, -0.2) is 4.39 Å². The van der Waals surface area contributed by atoms with Gasteiger partial charge >= 0.3 is 0 Å². The number of carbonyl (C=O) groups is 1. The number of piperidine rings is 1. The SMILES string of the molecule is Cc1cc(C(=O)N2CCCC(CCc3ccc(F)cc3)C2)n(C)n1. The van der Waals surface area contributed by atoms with Crippen LogP contribution in [0, 0.1) is 18.7 Å². The third-order valence-corrected chi connectivity index (χ3v) is 4.78. The van der Waals surface area contributed by atoms with Gasteiger partial charge in [-0.2, -0.15) is 5.10 Å². The number of aryl methyl sites for hydroxylation is 3. The van der Waals surface area contributed by atoms with Crippen LogP contribution >= 0.6 is 0 Å². The first-order chi connectivity index (χ1) is 11.5. The van der Waals surface area contributed by atoms with E-state index in [1.54, 1.807) is 4.68 Å². The van der Waals surface area contributed by atoms with Crippen LogP contribution < -0.4 is 0 Å². The number of benzene rings is 1. The zero-order valence-electron chi connectivity index (χ0n) is 14.3. The van der Waals surface area contributed by atoms with Crippen molar-refractivity contribution in [3.63, 3.8) is 0 Å². The molecule has 2 aromatic rings. The predicted molar refractivity (Wildman–Crippen MR) is 91.3 cm³/mol. The third-order valence-electron chi connectivity index (χ3n) is 4.78. The van der Waals surface area contributed by atoms with Crippen molar-refractivity contribution in [3.8, 4) is 0 Å². The maximum atomic E-state index is 13.0. The highest BCUT2D eigenvalue weighted by molar-refractivity contribution is 5.92. The lowest BCUT2D eigenvalue weighted by atomic mass is 9.91. The van der Waals surface area contributed by atoms with Crippen LogP contribution in [0.15, 0.2) is 30.3 Å². The van der Waals surface area contributed by atoms with Crippen molar-refractivity contribution in [2.75, 3.05) is 13.1 Å². The largest absolute Gasteiger partial charge is 0.337 e. The number of likely N-dealkylation sites (tertiary alicyclic amines) is 1. The molecule has 24 heavy (non-hydrogen) atoms. The van der Waals surface area contributed by atoms with Crippen molar-refractivity contribution in [2.45, 2.75) is 32.6 Å². The van der Waals surface area contributed by atoms with Crippen molar-refractivity contribution in [2.24, 2.45) is 13.0 Å². The Bertz CT molecular complexity index is 708. The Morgan fingerprint density at radius 3 is 2.75 bits per heavy atom. The first kappa shape index (κ1) is 16.7. The van der Waals surface area contributed by atoms with Gasteiger partial charge in [-0.15, -0.1) is 0 Å². The van der Waals surface area contributed by atoms with Crippen molar-refractivity contribution in [3.05, 3.63) is 53.1 Å². The standard InChI is InChI=1S/C19H24FN3O/c1-14-12-18(22(2)21-14)19(24)23-11-3-4-16(13-23)6-5-15-7-9-17(20)10-8-15/h7-10,12,16H,3-6,11,13H2,1-2H3. The predicted octanol–water partition coefficient (Wildman–Crippen LogP) is 3.35. The van der Waals surface area contributed by atoms with Gasteiger partial charge in [-0.3, -0.25) is 9.48 Å². The highest BCUT2D eigenvalue weighted by Crippen LogP contribution is 2.23. The average Bonchev–Trinajstić information content (AvgIpc) is 2.92. The molecule has 1 atom stereocenters. The van der Waals surface area contributed by atoms with Crippen LogP contribution in [0.2, 0.25) is 0 Å². The number of carbonyl (C=O) groups excluding carboxylic acids is 1. The van der Waals surface area contributed by atoms with Gasteiger partial charge in [0.05, 0.1) is 5.69 Å². The van der Waals surface area contributed by atoms with E-state index < -0.39 is 0 Å². The minimum absolute atomic E-state index is 0.0737. The molecule has 1 aromatic carbocycles. The molecule has 1 unspecified atom stereocenters. The normalized spacial score (nSPS) is 18.0. The number of hydrogen-bond acceptors (Lipinski definition) is 2. The second kappa shape index (κ2) is 7.16. The molecule has 4 nitrogen and oxygen atoms in total.